The summed E-state index contributed by atoms with van der Waals surface area (Å²) in [6.07, 6.45) is 5.74. The molecule has 0 saturated heterocycles. The van der Waals surface area contributed by atoms with Crippen molar-refractivity contribution in [1.29, 1.82) is 0 Å². The minimum absolute atomic E-state index is 0.287. The van der Waals surface area contributed by atoms with E-state index in [0.717, 1.165) is 5.56 Å². The summed E-state index contributed by atoms with van der Waals surface area (Å²) in [7, 11) is 0. The van der Waals surface area contributed by atoms with Crippen molar-refractivity contribution in [3.63, 3.8) is 0 Å². The van der Waals surface area contributed by atoms with Crippen LogP contribution in [0.15, 0.2) is 53.0 Å². The lowest BCUT2D eigenvalue weighted by Gasteiger charge is -2.18. The number of amides is 2. The summed E-state index contributed by atoms with van der Waals surface area (Å²) < 4.78 is 13.5. The second kappa shape index (κ2) is 7.62. The highest BCUT2D eigenvalue weighted by atomic mass is 79.9. The molecule has 2 amide bonds. The molecule has 22 heavy (non-hydrogen) atoms. The molecular formula is C17H14BrFN2O. The topological polar surface area (TPSA) is 41.1 Å². The Balaban J connectivity index is 2.07. The van der Waals surface area contributed by atoms with Crippen molar-refractivity contribution in [2.24, 2.45) is 0 Å². The summed E-state index contributed by atoms with van der Waals surface area (Å²) in [5.74, 6) is 2.17. The number of hydrogen-bond donors (Lipinski definition) is 2. The van der Waals surface area contributed by atoms with Crippen LogP contribution in [-0.2, 0) is 0 Å². The summed E-state index contributed by atoms with van der Waals surface area (Å²) in [5.41, 5.74) is 1.40. The Bertz CT molecular complexity index is 698. The third kappa shape index (κ3) is 4.34. The average Bonchev–Trinajstić information content (AvgIpc) is 2.50. The van der Waals surface area contributed by atoms with Crippen LogP contribution in [0.4, 0.5) is 14.9 Å². The van der Waals surface area contributed by atoms with E-state index >= 15 is 0 Å². The number of rotatable bonds is 4. The van der Waals surface area contributed by atoms with Gasteiger partial charge in [-0.15, -0.1) is 12.3 Å². The third-order valence-electron chi connectivity index (χ3n) is 3.01. The van der Waals surface area contributed by atoms with E-state index in [1.54, 1.807) is 0 Å². The fourth-order valence-electron chi connectivity index (χ4n) is 1.96. The average molecular weight is 361 g/mol. The largest absolute Gasteiger partial charge is 0.330 e. The van der Waals surface area contributed by atoms with Gasteiger partial charge in [0.2, 0.25) is 0 Å². The predicted octanol–water partition coefficient (Wildman–Crippen LogP) is 4.47. The lowest BCUT2D eigenvalue weighted by Crippen LogP contribution is -2.32. The number of anilines is 1. The van der Waals surface area contributed by atoms with Crippen molar-refractivity contribution in [3.05, 3.63) is 64.4 Å². The first kappa shape index (κ1) is 16.1. The van der Waals surface area contributed by atoms with Crippen molar-refractivity contribution >= 4 is 27.6 Å². The lowest BCUT2D eigenvalue weighted by molar-refractivity contribution is 0.248. The summed E-state index contributed by atoms with van der Waals surface area (Å²) in [6, 6.07) is 12.8. The maximum atomic E-state index is 13.0. The second-order valence-corrected chi connectivity index (χ2v) is 5.45. The smallest absolute Gasteiger partial charge is 0.319 e. The Kier molecular flexibility index (Phi) is 5.56. The molecule has 5 heteroatoms. The van der Waals surface area contributed by atoms with E-state index in [1.165, 1.54) is 18.2 Å². The minimum Gasteiger partial charge on any atom is -0.330 e. The molecule has 0 aliphatic rings. The van der Waals surface area contributed by atoms with Gasteiger partial charge >= 0.3 is 6.03 Å². The fourth-order valence-corrected chi connectivity index (χ4v) is 2.41. The van der Waals surface area contributed by atoms with Crippen LogP contribution in [-0.4, -0.2) is 6.03 Å². The molecule has 0 aromatic heterocycles. The van der Waals surface area contributed by atoms with Crippen LogP contribution in [0.3, 0.4) is 0 Å². The number of terminal acetylenes is 1. The number of halogens is 2. The van der Waals surface area contributed by atoms with Crippen LogP contribution in [0, 0.1) is 18.2 Å². The van der Waals surface area contributed by atoms with E-state index < -0.39 is 6.03 Å². The highest BCUT2D eigenvalue weighted by molar-refractivity contribution is 9.10. The third-order valence-corrected chi connectivity index (χ3v) is 3.66. The van der Waals surface area contributed by atoms with Gasteiger partial charge in [-0.3, -0.25) is 0 Å². The first-order chi connectivity index (χ1) is 10.6. The highest BCUT2D eigenvalue weighted by Gasteiger charge is 2.14. The normalized spacial score (nSPS) is 11.3. The van der Waals surface area contributed by atoms with Crippen LogP contribution in [0.25, 0.3) is 0 Å². The van der Waals surface area contributed by atoms with Crippen molar-refractivity contribution in [3.8, 4) is 12.3 Å². The van der Waals surface area contributed by atoms with Gasteiger partial charge in [-0.05, 0) is 39.7 Å². The van der Waals surface area contributed by atoms with E-state index in [1.807, 2.05) is 30.3 Å². The van der Waals surface area contributed by atoms with Crippen LogP contribution in [0.1, 0.15) is 18.0 Å². The molecule has 1 atom stereocenters. The van der Waals surface area contributed by atoms with Gasteiger partial charge in [-0.25, -0.2) is 9.18 Å². The van der Waals surface area contributed by atoms with Crippen LogP contribution in [0.5, 0.6) is 0 Å². The molecule has 0 bridgehead atoms. The summed E-state index contributed by atoms with van der Waals surface area (Å²) in [5, 5.41) is 5.48. The van der Waals surface area contributed by atoms with Gasteiger partial charge in [0.15, 0.2) is 0 Å². The van der Waals surface area contributed by atoms with Crippen molar-refractivity contribution in [2.45, 2.75) is 12.5 Å². The Morgan fingerprint density at radius 3 is 2.64 bits per heavy atom. The molecule has 0 aliphatic heterocycles. The molecule has 2 N–H and O–H groups in total. The zero-order valence-electron chi connectivity index (χ0n) is 11.6. The Morgan fingerprint density at radius 1 is 1.27 bits per heavy atom. The summed E-state index contributed by atoms with van der Waals surface area (Å²) >= 11 is 3.20. The number of carbonyl (C=O) groups is 1. The van der Waals surface area contributed by atoms with Gasteiger partial charge in [-0.2, -0.15) is 0 Å². The molecule has 112 valence electrons. The fraction of sp³-hybridized carbons (Fsp3) is 0.118. The summed E-state index contributed by atoms with van der Waals surface area (Å²) in [4.78, 5) is 12.1. The Labute approximate surface area is 137 Å². The molecule has 0 spiro atoms. The Hall–Kier alpha value is -2.32. The lowest BCUT2D eigenvalue weighted by atomic mass is 10.0. The maximum Gasteiger partial charge on any atom is 0.319 e. The van der Waals surface area contributed by atoms with Crippen molar-refractivity contribution in [2.75, 3.05) is 5.32 Å². The zero-order valence-corrected chi connectivity index (χ0v) is 13.2. The van der Waals surface area contributed by atoms with Gasteiger partial charge in [0.25, 0.3) is 0 Å². The minimum atomic E-state index is -0.406. The van der Waals surface area contributed by atoms with E-state index in [4.69, 9.17) is 6.42 Å². The molecule has 3 nitrogen and oxygen atoms in total. The van der Waals surface area contributed by atoms with Gasteiger partial charge in [0, 0.05) is 10.9 Å². The molecule has 2 aromatic rings. The molecule has 0 saturated carbocycles. The number of nitrogens with one attached hydrogen (secondary N) is 2. The standard InChI is InChI=1S/C17H14BrFN2O/c1-2-6-15(12-7-4-3-5-8-12)20-17(22)21-16-10-9-13(19)11-14(16)18/h1,3-5,7-11,15H,6H2,(H2,20,21,22). The molecule has 0 fully saturated rings. The second-order valence-electron chi connectivity index (χ2n) is 4.59. The van der Waals surface area contributed by atoms with Crippen LogP contribution >= 0.6 is 15.9 Å². The SMILES string of the molecule is C#CCC(NC(=O)Nc1ccc(F)cc1Br)c1ccccc1. The van der Waals surface area contributed by atoms with E-state index in [0.29, 0.717) is 16.6 Å². The molecule has 2 aromatic carbocycles. The van der Waals surface area contributed by atoms with Gasteiger partial charge < -0.3 is 10.6 Å². The van der Waals surface area contributed by atoms with E-state index in [-0.39, 0.29) is 11.9 Å². The number of benzene rings is 2. The number of carbonyl (C=O) groups excluding carboxylic acids is 1. The molecule has 0 radical (unpaired) electrons. The molecule has 0 heterocycles. The highest BCUT2D eigenvalue weighted by Crippen LogP contribution is 2.23. The molecular weight excluding hydrogens is 347 g/mol. The number of hydrogen-bond acceptors (Lipinski definition) is 1. The monoisotopic (exact) mass is 360 g/mol. The predicted molar refractivity (Wildman–Crippen MR) is 88.9 cm³/mol. The molecule has 1 unspecified atom stereocenters. The zero-order chi connectivity index (χ0) is 15.9. The van der Waals surface area contributed by atoms with Crippen LogP contribution in [0.2, 0.25) is 0 Å². The quantitative estimate of drug-likeness (QED) is 0.775. The molecule has 0 aliphatic carbocycles. The van der Waals surface area contributed by atoms with E-state index in [9.17, 15) is 9.18 Å². The molecule has 2 rings (SSSR count). The Morgan fingerprint density at radius 2 is 2.00 bits per heavy atom. The number of urea groups is 1. The van der Waals surface area contributed by atoms with E-state index in [2.05, 4.69) is 32.5 Å². The van der Waals surface area contributed by atoms with Gasteiger partial charge in [0.1, 0.15) is 5.82 Å². The summed E-state index contributed by atoms with van der Waals surface area (Å²) in [6.45, 7) is 0. The van der Waals surface area contributed by atoms with Crippen molar-refractivity contribution < 1.29 is 9.18 Å². The maximum absolute atomic E-state index is 13.0. The van der Waals surface area contributed by atoms with Gasteiger partial charge in [0.05, 0.1) is 11.7 Å². The first-order valence-corrected chi connectivity index (χ1v) is 7.40. The van der Waals surface area contributed by atoms with Crippen molar-refractivity contribution in [1.82, 2.24) is 5.32 Å². The van der Waals surface area contributed by atoms with Crippen LogP contribution < -0.4 is 10.6 Å². The van der Waals surface area contributed by atoms with Gasteiger partial charge in [-0.1, -0.05) is 30.3 Å². The first-order valence-electron chi connectivity index (χ1n) is 6.61.